The van der Waals surface area contributed by atoms with Crippen LogP contribution in [0.3, 0.4) is 0 Å². The SMILES string of the molecule is CN(c1ccc(-c2cc(-c3cccc(Br)c3)c3c([AsH2])ncnc3n2)cn1)S(C)(=O)=O. The maximum atomic E-state index is 11.8. The van der Waals surface area contributed by atoms with Crippen LogP contribution in [0.1, 0.15) is 0 Å². The minimum atomic E-state index is -3.38. The van der Waals surface area contributed by atoms with Gasteiger partial charge in [-0.25, -0.2) is 0 Å². The van der Waals surface area contributed by atoms with Crippen molar-refractivity contribution in [2.24, 2.45) is 0 Å². The predicted octanol–water partition coefficient (Wildman–Crippen LogP) is 2.17. The number of nitrogens with zero attached hydrogens (tertiary/aromatic N) is 5. The molecule has 0 aliphatic rings. The van der Waals surface area contributed by atoms with Crippen molar-refractivity contribution in [1.29, 1.82) is 0 Å². The van der Waals surface area contributed by atoms with Crippen LogP contribution in [0.4, 0.5) is 5.82 Å². The van der Waals surface area contributed by atoms with Gasteiger partial charge in [0.15, 0.2) is 0 Å². The molecule has 152 valence electrons. The Hall–Kier alpha value is -2.35. The van der Waals surface area contributed by atoms with Crippen molar-refractivity contribution < 1.29 is 8.42 Å². The predicted molar refractivity (Wildman–Crippen MR) is 125 cm³/mol. The van der Waals surface area contributed by atoms with E-state index in [2.05, 4.69) is 30.9 Å². The van der Waals surface area contributed by atoms with Crippen LogP contribution in [-0.4, -0.2) is 58.5 Å². The molecule has 4 rings (SSSR count). The van der Waals surface area contributed by atoms with E-state index in [1.807, 2.05) is 30.3 Å². The van der Waals surface area contributed by atoms with Crippen molar-refractivity contribution in [3.05, 3.63) is 59.5 Å². The van der Waals surface area contributed by atoms with E-state index in [1.54, 1.807) is 18.3 Å². The van der Waals surface area contributed by atoms with Gasteiger partial charge in [0.2, 0.25) is 0 Å². The number of pyridine rings is 2. The molecule has 1 unspecified atom stereocenters. The molecular formula is C20H17AsBrN5O2S. The van der Waals surface area contributed by atoms with Gasteiger partial charge in [0, 0.05) is 0 Å². The second-order valence-electron chi connectivity index (χ2n) is 6.66. The number of benzene rings is 1. The summed E-state index contributed by atoms with van der Waals surface area (Å²) in [5, 5.41) is 0.917. The second kappa shape index (κ2) is 8.06. The first-order valence-corrected chi connectivity index (χ1v) is 12.7. The number of hydrogen-bond donors (Lipinski definition) is 0. The van der Waals surface area contributed by atoms with Gasteiger partial charge in [-0.3, -0.25) is 0 Å². The zero-order chi connectivity index (χ0) is 21.5. The third kappa shape index (κ3) is 4.10. The molecule has 3 aromatic heterocycles. The molecule has 4 aromatic rings. The van der Waals surface area contributed by atoms with E-state index in [9.17, 15) is 8.42 Å². The number of rotatable bonds is 4. The van der Waals surface area contributed by atoms with Crippen LogP contribution in [0, 0.1) is 0 Å². The Bertz CT molecular complexity index is 1360. The minimum absolute atomic E-state index is 0.343. The molecule has 7 nitrogen and oxygen atoms in total. The van der Waals surface area contributed by atoms with Crippen molar-refractivity contribution >= 4 is 64.1 Å². The van der Waals surface area contributed by atoms with Crippen LogP contribution < -0.4 is 8.79 Å². The molecule has 0 amide bonds. The van der Waals surface area contributed by atoms with E-state index in [0.717, 1.165) is 41.6 Å². The van der Waals surface area contributed by atoms with Gasteiger partial charge in [0.25, 0.3) is 0 Å². The number of anilines is 1. The molecule has 0 bridgehead atoms. The topological polar surface area (TPSA) is 88.9 Å². The summed E-state index contributed by atoms with van der Waals surface area (Å²) in [6, 6.07) is 13.5. The molecule has 1 atom stereocenters. The molecule has 0 spiro atoms. The molecule has 0 N–H and O–H groups in total. The fourth-order valence-corrected chi connectivity index (χ4v) is 4.60. The Labute approximate surface area is 191 Å². The average molecular weight is 546 g/mol. The average Bonchev–Trinajstić information content (AvgIpc) is 2.72. The Kier molecular flexibility index (Phi) is 5.61. The Morgan fingerprint density at radius 1 is 1.03 bits per heavy atom. The number of hydrogen-bond acceptors (Lipinski definition) is 6. The van der Waals surface area contributed by atoms with Crippen molar-refractivity contribution in [3.63, 3.8) is 0 Å². The van der Waals surface area contributed by atoms with Gasteiger partial charge in [0.1, 0.15) is 0 Å². The summed E-state index contributed by atoms with van der Waals surface area (Å²) in [6.45, 7) is 0. The number of aromatic nitrogens is 4. The van der Waals surface area contributed by atoms with E-state index in [1.165, 1.54) is 30.2 Å². The summed E-state index contributed by atoms with van der Waals surface area (Å²) < 4.78 is 26.5. The van der Waals surface area contributed by atoms with E-state index in [-0.39, 0.29) is 0 Å². The summed E-state index contributed by atoms with van der Waals surface area (Å²) in [5.41, 5.74) is 4.07. The van der Waals surface area contributed by atoms with Crippen LogP contribution in [0.15, 0.2) is 59.5 Å². The fourth-order valence-electron chi connectivity index (χ4n) is 3.01. The van der Waals surface area contributed by atoms with Crippen LogP contribution >= 0.6 is 15.9 Å². The summed E-state index contributed by atoms with van der Waals surface area (Å²) in [7, 11) is -1.91. The first-order valence-electron chi connectivity index (χ1n) is 8.81. The molecule has 0 fully saturated rings. The summed E-state index contributed by atoms with van der Waals surface area (Å²) in [6.07, 6.45) is 4.28. The number of sulfonamides is 1. The monoisotopic (exact) mass is 545 g/mol. The zero-order valence-corrected chi connectivity index (χ0v) is 20.9. The van der Waals surface area contributed by atoms with Gasteiger partial charge >= 0.3 is 192 Å². The van der Waals surface area contributed by atoms with Gasteiger partial charge in [-0.15, -0.1) is 0 Å². The van der Waals surface area contributed by atoms with Crippen molar-refractivity contribution in [3.8, 4) is 22.4 Å². The molecule has 1 aromatic carbocycles. The first kappa shape index (κ1) is 20.9. The van der Waals surface area contributed by atoms with Crippen LogP contribution in [-0.2, 0) is 10.0 Å². The molecular weight excluding hydrogens is 529 g/mol. The normalized spacial score (nSPS) is 11.6. The van der Waals surface area contributed by atoms with E-state index >= 15 is 0 Å². The molecule has 30 heavy (non-hydrogen) atoms. The van der Waals surface area contributed by atoms with Gasteiger partial charge in [-0.05, 0) is 0 Å². The van der Waals surface area contributed by atoms with E-state index in [4.69, 9.17) is 4.98 Å². The Morgan fingerprint density at radius 2 is 1.83 bits per heavy atom. The zero-order valence-electron chi connectivity index (χ0n) is 16.1. The van der Waals surface area contributed by atoms with Crippen molar-refractivity contribution in [2.45, 2.75) is 0 Å². The van der Waals surface area contributed by atoms with Gasteiger partial charge < -0.3 is 0 Å². The van der Waals surface area contributed by atoms with Crippen molar-refractivity contribution in [1.82, 2.24) is 19.9 Å². The Balaban J connectivity index is 1.89. The summed E-state index contributed by atoms with van der Waals surface area (Å²) >= 11 is 4.95. The van der Waals surface area contributed by atoms with Gasteiger partial charge in [-0.1, -0.05) is 0 Å². The summed E-state index contributed by atoms with van der Waals surface area (Å²) in [4.78, 5) is 17.8. The summed E-state index contributed by atoms with van der Waals surface area (Å²) in [5.74, 6) is 0.343. The third-order valence-electron chi connectivity index (χ3n) is 4.63. The molecule has 10 heteroatoms. The second-order valence-corrected chi connectivity index (χ2v) is 10.7. The molecule has 0 aliphatic carbocycles. The van der Waals surface area contributed by atoms with E-state index < -0.39 is 10.0 Å². The van der Waals surface area contributed by atoms with Crippen LogP contribution in [0.2, 0.25) is 0 Å². The maximum absolute atomic E-state index is 11.8. The molecule has 0 saturated carbocycles. The number of halogens is 1. The fraction of sp³-hybridized carbons (Fsp3) is 0.100. The quantitative estimate of drug-likeness (QED) is 0.365. The van der Waals surface area contributed by atoms with Crippen molar-refractivity contribution in [2.75, 3.05) is 17.6 Å². The number of fused-ring (bicyclic) bond motifs is 1. The first-order chi connectivity index (χ1) is 14.2. The van der Waals surface area contributed by atoms with Gasteiger partial charge in [0.05, 0.1) is 0 Å². The standard InChI is InChI=1S/C20H17AsBrN5O2S/c1-27(30(2,28)29)17-7-6-13(10-23-17)16-9-15(12-4-3-5-14(22)8-12)18-19(21)24-11-25-20(18)26-16/h3-11H,21H2,1-2H3. The van der Waals surface area contributed by atoms with Crippen LogP contribution in [0.5, 0.6) is 0 Å². The molecule has 0 radical (unpaired) electrons. The van der Waals surface area contributed by atoms with Gasteiger partial charge in [-0.2, -0.15) is 0 Å². The Morgan fingerprint density at radius 3 is 2.50 bits per heavy atom. The van der Waals surface area contributed by atoms with Crippen LogP contribution in [0.25, 0.3) is 33.4 Å². The third-order valence-corrected chi connectivity index (χ3v) is 7.23. The molecule has 3 heterocycles. The molecule has 0 saturated heterocycles. The van der Waals surface area contributed by atoms with E-state index in [0.29, 0.717) is 17.2 Å². The molecule has 0 aliphatic heterocycles.